The zero-order valence-corrected chi connectivity index (χ0v) is 43.9. The molecule has 0 aliphatic heterocycles. The predicted molar refractivity (Wildman–Crippen MR) is 275 cm³/mol. The molecule has 0 aromatic heterocycles. The number of hydrogen-bond acceptors (Lipinski definition) is 6. The number of unbranched alkanes of at least 4 members (excludes halogenated alkanes) is 36. The molecule has 0 aliphatic carbocycles. The smallest absolute Gasteiger partial charge is 0.306 e. The molecule has 0 fully saturated rings. The Morgan fingerprint density at radius 1 is 0.328 bits per heavy atom. The lowest BCUT2D eigenvalue weighted by molar-refractivity contribution is -0.167. The summed E-state index contributed by atoms with van der Waals surface area (Å²) in [6.07, 6.45) is 53.9. The van der Waals surface area contributed by atoms with Gasteiger partial charge in [-0.25, -0.2) is 0 Å². The Hall–Kier alpha value is -1.59. The molecule has 0 saturated carbocycles. The third-order valence-electron chi connectivity index (χ3n) is 13.6. The fourth-order valence-corrected chi connectivity index (χ4v) is 8.84. The molecule has 0 spiro atoms. The standard InChI is InChI=1S/C58H112O6/c1-6-8-9-10-11-12-13-14-15-16-17-18-19-24-27-30-33-40-45-50-58(61)64-55(52-63-57(60)49-44-39-35-34-37-42-47-54(5)7-2)51-62-56(59)48-43-38-32-29-26-23-21-20-22-25-28-31-36-41-46-53(3)4/h53-55H,6-52H2,1-5H3/t54?,55-/m0/s1. The molecule has 0 amide bonds. The van der Waals surface area contributed by atoms with Crippen LogP contribution >= 0.6 is 0 Å². The molecule has 6 nitrogen and oxygen atoms in total. The molecule has 380 valence electrons. The van der Waals surface area contributed by atoms with Gasteiger partial charge in [0.15, 0.2) is 6.10 Å². The molecule has 0 rings (SSSR count). The molecule has 0 heterocycles. The van der Waals surface area contributed by atoms with E-state index in [-0.39, 0.29) is 31.1 Å². The molecule has 0 aromatic rings. The van der Waals surface area contributed by atoms with Crippen molar-refractivity contribution in [2.24, 2.45) is 11.8 Å². The minimum Gasteiger partial charge on any atom is -0.462 e. The Labute approximate surface area is 399 Å². The highest BCUT2D eigenvalue weighted by molar-refractivity contribution is 5.71. The maximum Gasteiger partial charge on any atom is 0.306 e. The van der Waals surface area contributed by atoms with Gasteiger partial charge in [-0.2, -0.15) is 0 Å². The van der Waals surface area contributed by atoms with E-state index in [1.54, 1.807) is 0 Å². The lowest BCUT2D eigenvalue weighted by atomic mass is 10.00. The number of rotatable bonds is 52. The maximum absolute atomic E-state index is 12.8. The molecule has 1 unspecified atom stereocenters. The number of esters is 3. The third kappa shape index (κ3) is 49.8. The van der Waals surface area contributed by atoms with Gasteiger partial charge < -0.3 is 14.2 Å². The van der Waals surface area contributed by atoms with Gasteiger partial charge in [0, 0.05) is 19.3 Å². The highest BCUT2D eigenvalue weighted by Gasteiger charge is 2.19. The Morgan fingerprint density at radius 3 is 0.891 bits per heavy atom. The first-order valence-electron chi connectivity index (χ1n) is 28.8. The molecule has 0 bridgehead atoms. The molecule has 0 aromatic carbocycles. The predicted octanol–water partition coefficient (Wildman–Crippen LogP) is 18.9. The minimum absolute atomic E-state index is 0.0637. The Bertz CT molecular complexity index is 980. The summed E-state index contributed by atoms with van der Waals surface area (Å²) in [6, 6.07) is 0. The molecule has 0 aliphatic rings. The fraction of sp³-hybridized carbons (Fsp3) is 0.948. The summed E-state index contributed by atoms with van der Waals surface area (Å²) in [5, 5.41) is 0. The van der Waals surface area contributed by atoms with Gasteiger partial charge in [0.25, 0.3) is 0 Å². The van der Waals surface area contributed by atoms with E-state index >= 15 is 0 Å². The maximum atomic E-state index is 12.8. The second-order valence-electron chi connectivity index (χ2n) is 20.6. The van der Waals surface area contributed by atoms with Crippen molar-refractivity contribution in [3.05, 3.63) is 0 Å². The first-order valence-corrected chi connectivity index (χ1v) is 28.8. The highest BCUT2D eigenvalue weighted by Crippen LogP contribution is 2.18. The molecular weight excluding hydrogens is 793 g/mol. The largest absolute Gasteiger partial charge is 0.462 e. The van der Waals surface area contributed by atoms with Crippen LogP contribution in [0.4, 0.5) is 0 Å². The van der Waals surface area contributed by atoms with E-state index in [0.717, 1.165) is 69.6 Å². The SMILES string of the molecule is CCCCCCCCCCCCCCCCCCCCCC(=O)O[C@@H](COC(=O)CCCCCCCCCCCCCCCCC(C)C)COC(=O)CCCCCCCCC(C)CC. The fourth-order valence-electron chi connectivity index (χ4n) is 8.84. The van der Waals surface area contributed by atoms with Gasteiger partial charge in [0.1, 0.15) is 13.2 Å². The van der Waals surface area contributed by atoms with Gasteiger partial charge in [-0.1, -0.05) is 285 Å². The second kappa shape index (κ2) is 50.8. The van der Waals surface area contributed by atoms with E-state index in [0.29, 0.717) is 19.3 Å². The van der Waals surface area contributed by atoms with E-state index in [9.17, 15) is 14.4 Å². The van der Waals surface area contributed by atoms with E-state index in [1.807, 2.05) is 0 Å². The normalized spacial score (nSPS) is 12.5. The van der Waals surface area contributed by atoms with Crippen LogP contribution in [0.2, 0.25) is 0 Å². The van der Waals surface area contributed by atoms with Crippen LogP contribution in [0.1, 0.15) is 324 Å². The average molecular weight is 906 g/mol. The summed E-state index contributed by atoms with van der Waals surface area (Å²) >= 11 is 0. The Morgan fingerprint density at radius 2 is 0.594 bits per heavy atom. The minimum atomic E-state index is -0.763. The lowest BCUT2D eigenvalue weighted by Crippen LogP contribution is -2.30. The number of carbonyl (C=O) groups excluding carboxylic acids is 3. The van der Waals surface area contributed by atoms with Crippen LogP contribution in [0.25, 0.3) is 0 Å². The zero-order chi connectivity index (χ0) is 46.8. The lowest BCUT2D eigenvalue weighted by Gasteiger charge is -2.18. The average Bonchev–Trinajstić information content (AvgIpc) is 3.28. The highest BCUT2D eigenvalue weighted by atomic mass is 16.6. The van der Waals surface area contributed by atoms with E-state index < -0.39 is 6.10 Å². The van der Waals surface area contributed by atoms with E-state index in [1.165, 1.54) is 212 Å². The molecule has 0 saturated heterocycles. The quantitative estimate of drug-likeness (QED) is 0.0344. The second-order valence-corrected chi connectivity index (χ2v) is 20.6. The van der Waals surface area contributed by atoms with Crippen molar-refractivity contribution in [3.8, 4) is 0 Å². The summed E-state index contributed by atoms with van der Waals surface area (Å²) < 4.78 is 16.9. The topological polar surface area (TPSA) is 78.9 Å². The van der Waals surface area contributed by atoms with Crippen molar-refractivity contribution in [1.29, 1.82) is 0 Å². The summed E-state index contributed by atoms with van der Waals surface area (Å²) in [4.78, 5) is 38.1. The van der Waals surface area contributed by atoms with Crippen molar-refractivity contribution < 1.29 is 28.6 Å². The monoisotopic (exact) mass is 905 g/mol. The first kappa shape index (κ1) is 62.4. The zero-order valence-electron chi connectivity index (χ0n) is 43.9. The molecule has 2 atom stereocenters. The Balaban J connectivity index is 4.25. The first-order chi connectivity index (χ1) is 31.3. The van der Waals surface area contributed by atoms with Crippen LogP contribution in [0.3, 0.4) is 0 Å². The van der Waals surface area contributed by atoms with Crippen LogP contribution in [0.5, 0.6) is 0 Å². The van der Waals surface area contributed by atoms with Gasteiger partial charge in [-0.05, 0) is 31.1 Å². The van der Waals surface area contributed by atoms with Gasteiger partial charge >= 0.3 is 17.9 Å². The molecule has 0 radical (unpaired) electrons. The molecule has 0 N–H and O–H groups in total. The van der Waals surface area contributed by atoms with Crippen molar-refractivity contribution in [3.63, 3.8) is 0 Å². The van der Waals surface area contributed by atoms with Crippen LogP contribution in [0, 0.1) is 11.8 Å². The van der Waals surface area contributed by atoms with Crippen molar-refractivity contribution in [2.45, 2.75) is 330 Å². The van der Waals surface area contributed by atoms with Crippen LogP contribution in [-0.4, -0.2) is 37.2 Å². The summed E-state index contributed by atoms with van der Waals surface area (Å²) in [5.41, 5.74) is 0. The van der Waals surface area contributed by atoms with Crippen LogP contribution in [-0.2, 0) is 28.6 Å². The summed E-state index contributed by atoms with van der Waals surface area (Å²) in [5.74, 6) is 0.815. The Kier molecular flexibility index (Phi) is 49.6. The number of carbonyl (C=O) groups is 3. The third-order valence-corrected chi connectivity index (χ3v) is 13.6. The van der Waals surface area contributed by atoms with Crippen molar-refractivity contribution in [2.75, 3.05) is 13.2 Å². The summed E-state index contributed by atoms with van der Waals surface area (Å²) in [7, 11) is 0. The molecular formula is C58H112O6. The number of ether oxygens (including phenoxy) is 3. The van der Waals surface area contributed by atoms with E-state index in [2.05, 4.69) is 34.6 Å². The molecule has 6 heteroatoms. The van der Waals surface area contributed by atoms with Gasteiger partial charge in [0.05, 0.1) is 0 Å². The van der Waals surface area contributed by atoms with Crippen LogP contribution in [0.15, 0.2) is 0 Å². The van der Waals surface area contributed by atoms with Gasteiger partial charge in [0.2, 0.25) is 0 Å². The summed E-state index contributed by atoms with van der Waals surface area (Å²) in [6.45, 7) is 11.4. The van der Waals surface area contributed by atoms with E-state index in [4.69, 9.17) is 14.2 Å². The van der Waals surface area contributed by atoms with Crippen LogP contribution < -0.4 is 0 Å². The van der Waals surface area contributed by atoms with Crippen molar-refractivity contribution >= 4 is 17.9 Å². The molecule has 64 heavy (non-hydrogen) atoms. The van der Waals surface area contributed by atoms with Gasteiger partial charge in [-0.3, -0.25) is 14.4 Å². The van der Waals surface area contributed by atoms with Crippen molar-refractivity contribution in [1.82, 2.24) is 0 Å². The number of hydrogen-bond donors (Lipinski definition) is 0. The van der Waals surface area contributed by atoms with Gasteiger partial charge in [-0.15, -0.1) is 0 Å².